The number of aliphatic hydroxyl groups excluding tert-OH is 2. The summed E-state index contributed by atoms with van der Waals surface area (Å²) in [7, 11) is 0. The van der Waals surface area contributed by atoms with Crippen LogP contribution in [0.3, 0.4) is 0 Å². The Bertz CT molecular complexity index is 796. The molecule has 3 N–H and O–H groups in total. The number of fused-ring (bicyclic) bond motifs is 2. The quantitative estimate of drug-likeness (QED) is 0.610. The zero-order chi connectivity index (χ0) is 22.2. The number of aliphatic hydroxyl groups is 2. The number of thiazole rings is 1. The van der Waals surface area contributed by atoms with Gasteiger partial charge in [-0.25, -0.2) is 4.98 Å². The molecule has 1 saturated carbocycles. The molecule has 0 bridgehead atoms. The van der Waals surface area contributed by atoms with E-state index in [0.717, 1.165) is 56.4 Å². The molecular formula is C23H37N3O4S. The minimum Gasteiger partial charge on any atom is -0.396 e. The largest absolute Gasteiger partial charge is 0.396 e. The van der Waals surface area contributed by atoms with Crippen molar-refractivity contribution in [1.29, 1.82) is 0 Å². The van der Waals surface area contributed by atoms with Crippen molar-refractivity contribution in [2.75, 3.05) is 46.0 Å². The number of morpholine rings is 1. The van der Waals surface area contributed by atoms with Gasteiger partial charge in [0, 0.05) is 48.8 Å². The molecule has 7 nitrogen and oxygen atoms in total. The van der Waals surface area contributed by atoms with Gasteiger partial charge in [0.05, 0.1) is 36.6 Å². The van der Waals surface area contributed by atoms with E-state index in [0.29, 0.717) is 19.4 Å². The third kappa shape index (κ3) is 4.29. The van der Waals surface area contributed by atoms with Crippen LogP contribution < -0.4 is 5.32 Å². The maximum atomic E-state index is 13.0. The molecule has 2 aliphatic carbocycles. The normalized spacial score (nSPS) is 36.0. The van der Waals surface area contributed by atoms with E-state index in [1.165, 1.54) is 4.88 Å². The fourth-order valence-corrected chi connectivity index (χ4v) is 7.25. The van der Waals surface area contributed by atoms with Gasteiger partial charge in [0.25, 0.3) is 0 Å². The highest BCUT2D eigenvalue weighted by atomic mass is 32.1. The topological polar surface area (TPSA) is 94.9 Å². The van der Waals surface area contributed by atoms with E-state index < -0.39 is 11.5 Å². The van der Waals surface area contributed by atoms with Crippen LogP contribution in [0.25, 0.3) is 0 Å². The maximum Gasteiger partial charge on any atom is 0.220 e. The number of ether oxygens (including phenoxy) is 1. The van der Waals surface area contributed by atoms with E-state index in [9.17, 15) is 15.0 Å². The Morgan fingerprint density at radius 1 is 1.35 bits per heavy atom. The summed E-state index contributed by atoms with van der Waals surface area (Å²) in [4.78, 5) is 21.4. The van der Waals surface area contributed by atoms with E-state index in [4.69, 9.17) is 9.72 Å². The molecule has 2 fully saturated rings. The molecule has 1 aromatic rings. The van der Waals surface area contributed by atoms with Gasteiger partial charge in [-0.05, 0) is 37.5 Å². The summed E-state index contributed by atoms with van der Waals surface area (Å²) in [6.07, 6.45) is 2.20. The Labute approximate surface area is 189 Å². The fourth-order valence-electron chi connectivity index (χ4n) is 6.20. The van der Waals surface area contributed by atoms with Crippen molar-refractivity contribution in [3.8, 4) is 0 Å². The van der Waals surface area contributed by atoms with Gasteiger partial charge in [-0.3, -0.25) is 9.69 Å². The SMILES string of the molecule is Cc1nc2c(s1)CC1C(C)(CO)C(O)CCC1(C)C2CC(=O)NCCN1CCOCC1. The molecule has 5 unspecified atom stereocenters. The molecule has 1 aliphatic heterocycles. The number of carbonyl (C=O) groups excluding carboxylic acids is 1. The van der Waals surface area contributed by atoms with Gasteiger partial charge < -0.3 is 20.3 Å². The Morgan fingerprint density at radius 2 is 2.10 bits per heavy atom. The minimum absolute atomic E-state index is 0.00737. The number of hydrogen-bond acceptors (Lipinski definition) is 7. The fraction of sp³-hybridized carbons (Fsp3) is 0.826. The lowest BCUT2D eigenvalue weighted by Crippen LogP contribution is -2.57. The molecule has 174 valence electrons. The van der Waals surface area contributed by atoms with Crippen molar-refractivity contribution in [2.24, 2.45) is 16.7 Å². The molecular weight excluding hydrogens is 414 g/mol. The summed E-state index contributed by atoms with van der Waals surface area (Å²) in [6.45, 7) is 11.1. The van der Waals surface area contributed by atoms with E-state index in [2.05, 4.69) is 17.1 Å². The average molecular weight is 452 g/mol. The Balaban J connectivity index is 1.51. The zero-order valence-corrected chi connectivity index (χ0v) is 19.8. The van der Waals surface area contributed by atoms with E-state index in [1.54, 1.807) is 11.3 Å². The van der Waals surface area contributed by atoms with Crippen LogP contribution in [0.1, 0.15) is 54.6 Å². The molecule has 5 atom stereocenters. The van der Waals surface area contributed by atoms with Gasteiger partial charge in [-0.15, -0.1) is 11.3 Å². The number of rotatable bonds is 6. The first-order chi connectivity index (χ1) is 14.8. The number of amides is 1. The van der Waals surface area contributed by atoms with Gasteiger partial charge in [0.1, 0.15) is 0 Å². The summed E-state index contributed by atoms with van der Waals surface area (Å²) < 4.78 is 5.39. The molecule has 0 spiro atoms. The van der Waals surface area contributed by atoms with Crippen molar-refractivity contribution in [1.82, 2.24) is 15.2 Å². The second kappa shape index (κ2) is 9.06. The molecule has 0 aromatic carbocycles. The minimum atomic E-state index is -0.562. The first kappa shape index (κ1) is 23.1. The predicted octanol–water partition coefficient (Wildman–Crippen LogP) is 1.71. The predicted molar refractivity (Wildman–Crippen MR) is 120 cm³/mol. The summed E-state index contributed by atoms with van der Waals surface area (Å²) in [6, 6.07) is 0. The molecule has 1 amide bonds. The number of aryl methyl sites for hydroxylation is 1. The van der Waals surface area contributed by atoms with Crippen LogP contribution in [-0.4, -0.2) is 78.1 Å². The number of carbonyl (C=O) groups is 1. The molecule has 1 saturated heterocycles. The first-order valence-corrected chi connectivity index (χ1v) is 12.4. The Kier molecular flexibility index (Phi) is 6.75. The van der Waals surface area contributed by atoms with Crippen LogP contribution >= 0.6 is 11.3 Å². The highest BCUT2D eigenvalue weighted by Gasteiger charge is 2.59. The molecule has 2 heterocycles. The lowest BCUT2D eigenvalue weighted by Gasteiger charge is -2.58. The van der Waals surface area contributed by atoms with Crippen molar-refractivity contribution < 1.29 is 19.7 Å². The Hall–Kier alpha value is -1.06. The number of nitrogens with zero attached hydrogens (tertiary/aromatic N) is 2. The van der Waals surface area contributed by atoms with Crippen molar-refractivity contribution in [3.05, 3.63) is 15.6 Å². The van der Waals surface area contributed by atoms with Gasteiger partial charge in [-0.2, -0.15) is 0 Å². The molecule has 1 aromatic heterocycles. The van der Waals surface area contributed by atoms with Gasteiger partial charge in [-0.1, -0.05) is 13.8 Å². The van der Waals surface area contributed by atoms with Crippen molar-refractivity contribution in [2.45, 2.75) is 58.5 Å². The van der Waals surface area contributed by atoms with E-state index in [1.807, 2.05) is 13.8 Å². The number of aromatic nitrogens is 1. The summed E-state index contributed by atoms with van der Waals surface area (Å²) in [5.41, 5.74) is 0.334. The lowest BCUT2D eigenvalue weighted by molar-refractivity contribution is -0.144. The van der Waals surface area contributed by atoms with Crippen LogP contribution in [-0.2, 0) is 16.0 Å². The van der Waals surface area contributed by atoms with Crippen LogP contribution in [0.4, 0.5) is 0 Å². The molecule has 3 aliphatic rings. The molecule has 31 heavy (non-hydrogen) atoms. The van der Waals surface area contributed by atoms with Crippen LogP contribution in [0.2, 0.25) is 0 Å². The van der Waals surface area contributed by atoms with Gasteiger partial charge in [0.2, 0.25) is 5.91 Å². The zero-order valence-electron chi connectivity index (χ0n) is 19.0. The van der Waals surface area contributed by atoms with Crippen LogP contribution in [0, 0.1) is 23.7 Å². The van der Waals surface area contributed by atoms with Crippen molar-refractivity contribution in [3.63, 3.8) is 0 Å². The second-order valence-corrected chi connectivity index (χ2v) is 11.4. The van der Waals surface area contributed by atoms with E-state index in [-0.39, 0.29) is 29.8 Å². The molecule has 0 radical (unpaired) electrons. The second-order valence-electron chi connectivity index (χ2n) is 10.1. The number of hydrogen-bond donors (Lipinski definition) is 3. The average Bonchev–Trinajstić information content (AvgIpc) is 3.13. The highest BCUT2D eigenvalue weighted by Crippen LogP contribution is 2.62. The lowest BCUT2D eigenvalue weighted by atomic mass is 9.47. The van der Waals surface area contributed by atoms with Gasteiger partial charge in [0.15, 0.2) is 0 Å². The third-order valence-electron chi connectivity index (χ3n) is 8.24. The molecule has 8 heteroatoms. The highest BCUT2D eigenvalue weighted by molar-refractivity contribution is 7.11. The van der Waals surface area contributed by atoms with Crippen molar-refractivity contribution >= 4 is 17.2 Å². The standard InChI is InChI=1S/C23H37N3O4S/c1-15-25-21-16(12-20(29)24-6-7-26-8-10-30-11-9-26)22(2)5-4-19(28)23(3,14-27)18(22)13-17(21)31-15/h16,18-19,27-28H,4-14H2,1-3H3,(H,24,29). The monoisotopic (exact) mass is 451 g/mol. The van der Waals surface area contributed by atoms with Crippen LogP contribution in [0.15, 0.2) is 0 Å². The summed E-state index contributed by atoms with van der Waals surface area (Å²) in [5, 5.41) is 25.2. The maximum absolute atomic E-state index is 13.0. The summed E-state index contributed by atoms with van der Waals surface area (Å²) in [5.74, 6) is 0.189. The van der Waals surface area contributed by atoms with E-state index >= 15 is 0 Å². The van der Waals surface area contributed by atoms with Gasteiger partial charge >= 0.3 is 0 Å². The smallest absolute Gasteiger partial charge is 0.220 e. The van der Waals surface area contributed by atoms with Crippen LogP contribution in [0.5, 0.6) is 0 Å². The number of nitrogens with one attached hydrogen (secondary N) is 1. The summed E-state index contributed by atoms with van der Waals surface area (Å²) >= 11 is 1.70. The third-order valence-corrected chi connectivity index (χ3v) is 9.25. The first-order valence-electron chi connectivity index (χ1n) is 11.6. The molecule has 4 rings (SSSR count). The Morgan fingerprint density at radius 3 is 2.81 bits per heavy atom.